The van der Waals surface area contributed by atoms with Crippen molar-refractivity contribution in [3.63, 3.8) is 0 Å². The molecule has 1 aromatic heterocycles. The predicted molar refractivity (Wildman–Crippen MR) is 111 cm³/mol. The number of H-pyrrole nitrogens is 1. The maximum Gasteiger partial charge on any atom is 0.586 e. The molecule has 0 spiro atoms. The predicted octanol–water partition coefficient (Wildman–Crippen LogP) is 5.08. The van der Waals surface area contributed by atoms with Crippen LogP contribution in [0.2, 0.25) is 0 Å². The van der Waals surface area contributed by atoms with Crippen molar-refractivity contribution >= 4 is 22.5 Å². The molecule has 0 fully saturated rings. The van der Waals surface area contributed by atoms with Crippen LogP contribution >= 0.6 is 0 Å². The molecule has 0 saturated carbocycles. The normalized spacial score (nSPS) is 21.1. The zero-order chi connectivity index (χ0) is 22.2. The summed E-state index contributed by atoms with van der Waals surface area (Å²) in [6, 6.07) is 10.4. The van der Waals surface area contributed by atoms with Crippen LogP contribution in [-0.2, 0) is 15.6 Å². The summed E-state index contributed by atoms with van der Waals surface area (Å²) >= 11 is 0. The van der Waals surface area contributed by atoms with E-state index in [4.69, 9.17) is 4.74 Å². The van der Waals surface area contributed by atoms with Gasteiger partial charge in [0.25, 0.3) is 0 Å². The Kier molecular flexibility index (Phi) is 3.88. The van der Waals surface area contributed by atoms with Gasteiger partial charge in [-0.15, -0.1) is 8.78 Å². The fourth-order valence-corrected chi connectivity index (χ4v) is 3.90. The first-order chi connectivity index (χ1) is 14.4. The standard InChI is InChI=1S/C23H22F2N2O4/c1-21(2,3)19-8-12-7-13(5-6-15(12)27-19)26-20(28)22(4)11-29-16-10-18-17(9-14(16)22)30-23(24,25)31-18/h5-10,27H,11H2,1-4H3,(H,26,28)/t22-/m0/s1. The van der Waals surface area contributed by atoms with E-state index in [0.717, 1.165) is 16.6 Å². The second-order valence-electron chi connectivity index (χ2n) is 9.27. The number of hydrogen-bond acceptors (Lipinski definition) is 4. The summed E-state index contributed by atoms with van der Waals surface area (Å²) in [5, 5.41) is 3.92. The molecule has 0 radical (unpaired) electrons. The number of rotatable bonds is 2. The van der Waals surface area contributed by atoms with E-state index in [2.05, 4.69) is 46.6 Å². The van der Waals surface area contributed by atoms with Crippen molar-refractivity contribution in [2.75, 3.05) is 11.9 Å². The van der Waals surface area contributed by atoms with E-state index in [0.29, 0.717) is 17.0 Å². The van der Waals surface area contributed by atoms with Crippen molar-refractivity contribution < 1.29 is 27.8 Å². The van der Waals surface area contributed by atoms with Crippen molar-refractivity contribution in [3.8, 4) is 17.2 Å². The lowest BCUT2D eigenvalue weighted by atomic mass is 9.83. The molecule has 2 aliphatic heterocycles. The summed E-state index contributed by atoms with van der Waals surface area (Å²) in [7, 11) is 0. The van der Waals surface area contributed by atoms with Crippen LogP contribution in [0, 0.1) is 0 Å². The largest absolute Gasteiger partial charge is 0.586 e. The molecule has 5 rings (SSSR count). The first-order valence-electron chi connectivity index (χ1n) is 9.97. The van der Waals surface area contributed by atoms with Gasteiger partial charge in [0.15, 0.2) is 11.5 Å². The summed E-state index contributed by atoms with van der Waals surface area (Å²) in [5.74, 6) is -0.200. The lowest BCUT2D eigenvalue weighted by molar-refractivity contribution is -0.286. The molecule has 2 N–H and O–H groups in total. The number of benzene rings is 2. The minimum atomic E-state index is -3.73. The quantitative estimate of drug-likeness (QED) is 0.597. The Morgan fingerprint density at radius 1 is 1.06 bits per heavy atom. The Balaban J connectivity index is 1.43. The number of alkyl halides is 2. The molecular formula is C23H22F2N2O4. The first-order valence-corrected chi connectivity index (χ1v) is 9.97. The molecule has 8 heteroatoms. The number of carbonyl (C=O) groups excluding carboxylic acids is 1. The zero-order valence-corrected chi connectivity index (χ0v) is 17.6. The SMILES string of the molecule is CC(C)(C)c1cc2cc(NC(=O)[C@@]3(C)COc4cc5c(cc43)OC(F)(F)O5)ccc2[nH]1. The smallest absolute Gasteiger partial charge is 0.492 e. The van der Waals surface area contributed by atoms with Gasteiger partial charge in [0.05, 0.1) is 0 Å². The van der Waals surface area contributed by atoms with Gasteiger partial charge in [-0.3, -0.25) is 4.79 Å². The highest BCUT2D eigenvalue weighted by molar-refractivity contribution is 6.01. The number of amides is 1. The molecule has 3 heterocycles. The number of aromatic nitrogens is 1. The summed E-state index contributed by atoms with van der Waals surface area (Å²) in [6.07, 6.45) is -3.73. The van der Waals surface area contributed by atoms with E-state index >= 15 is 0 Å². The minimum Gasteiger partial charge on any atom is -0.492 e. The Morgan fingerprint density at radius 2 is 1.77 bits per heavy atom. The number of anilines is 1. The molecule has 0 unspecified atom stereocenters. The number of fused-ring (bicyclic) bond motifs is 3. The average molecular weight is 428 g/mol. The molecule has 3 aromatic rings. The summed E-state index contributed by atoms with van der Waals surface area (Å²) in [4.78, 5) is 16.6. The lowest BCUT2D eigenvalue weighted by Crippen LogP contribution is -2.39. The minimum absolute atomic E-state index is 0.0242. The molecule has 6 nitrogen and oxygen atoms in total. The second-order valence-corrected chi connectivity index (χ2v) is 9.27. The number of halogens is 2. The van der Waals surface area contributed by atoms with Gasteiger partial charge >= 0.3 is 6.29 Å². The third kappa shape index (κ3) is 3.17. The van der Waals surface area contributed by atoms with Crippen molar-refractivity contribution in [2.45, 2.75) is 44.8 Å². The van der Waals surface area contributed by atoms with Crippen molar-refractivity contribution in [1.82, 2.24) is 4.98 Å². The van der Waals surface area contributed by atoms with Gasteiger partial charge in [0, 0.05) is 39.3 Å². The number of nitrogens with one attached hydrogen (secondary N) is 2. The first kappa shape index (κ1) is 19.7. The number of carbonyl (C=O) groups is 1. The van der Waals surface area contributed by atoms with E-state index in [-0.39, 0.29) is 29.4 Å². The van der Waals surface area contributed by atoms with Crippen LogP contribution in [0.1, 0.15) is 39.0 Å². The Labute approximate surface area is 177 Å². The van der Waals surface area contributed by atoms with Crippen LogP contribution in [0.25, 0.3) is 10.9 Å². The molecule has 0 saturated heterocycles. The number of ether oxygens (including phenoxy) is 3. The van der Waals surface area contributed by atoms with Crippen LogP contribution < -0.4 is 19.5 Å². The van der Waals surface area contributed by atoms with Crippen LogP contribution in [0.3, 0.4) is 0 Å². The fraction of sp³-hybridized carbons (Fsp3) is 0.348. The van der Waals surface area contributed by atoms with Gasteiger partial charge < -0.3 is 24.5 Å². The van der Waals surface area contributed by atoms with Crippen LogP contribution in [0.15, 0.2) is 36.4 Å². The second kappa shape index (κ2) is 6.12. The molecule has 2 aliphatic rings. The van der Waals surface area contributed by atoms with Crippen molar-refractivity contribution in [1.29, 1.82) is 0 Å². The maximum atomic E-state index is 13.4. The topological polar surface area (TPSA) is 72.6 Å². The molecule has 0 bridgehead atoms. The van der Waals surface area contributed by atoms with Crippen LogP contribution in [0.4, 0.5) is 14.5 Å². The van der Waals surface area contributed by atoms with Gasteiger partial charge in [0.2, 0.25) is 5.91 Å². The molecule has 2 aromatic carbocycles. The molecular weight excluding hydrogens is 406 g/mol. The third-order valence-corrected chi connectivity index (χ3v) is 5.80. The Morgan fingerprint density at radius 3 is 2.48 bits per heavy atom. The monoisotopic (exact) mass is 428 g/mol. The van der Waals surface area contributed by atoms with Gasteiger partial charge in [0.1, 0.15) is 17.8 Å². The Hall–Kier alpha value is -3.29. The highest BCUT2D eigenvalue weighted by Gasteiger charge is 2.48. The summed E-state index contributed by atoms with van der Waals surface area (Å²) in [5.41, 5.74) is 2.10. The van der Waals surface area contributed by atoms with E-state index in [9.17, 15) is 13.6 Å². The van der Waals surface area contributed by atoms with Gasteiger partial charge in [-0.2, -0.15) is 0 Å². The summed E-state index contributed by atoms with van der Waals surface area (Å²) < 4.78 is 41.4. The third-order valence-electron chi connectivity index (χ3n) is 5.80. The molecule has 31 heavy (non-hydrogen) atoms. The lowest BCUT2D eigenvalue weighted by Gasteiger charge is -2.22. The van der Waals surface area contributed by atoms with Crippen molar-refractivity contribution in [2.24, 2.45) is 0 Å². The van der Waals surface area contributed by atoms with Crippen LogP contribution in [-0.4, -0.2) is 23.8 Å². The van der Waals surface area contributed by atoms with E-state index < -0.39 is 11.7 Å². The average Bonchev–Trinajstić information content (AvgIpc) is 3.32. The number of aromatic amines is 1. The van der Waals surface area contributed by atoms with Crippen LogP contribution in [0.5, 0.6) is 17.2 Å². The van der Waals surface area contributed by atoms with Gasteiger partial charge in [-0.1, -0.05) is 20.8 Å². The Bertz CT molecular complexity index is 1230. The molecule has 1 amide bonds. The molecule has 162 valence electrons. The fourth-order valence-electron chi connectivity index (χ4n) is 3.90. The van der Waals surface area contributed by atoms with Crippen molar-refractivity contribution in [3.05, 3.63) is 47.7 Å². The van der Waals surface area contributed by atoms with Gasteiger partial charge in [-0.25, -0.2) is 0 Å². The number of hydrogen-bond donors (Lipinski definition) is 2. The van der Waals surface area contributed by atoms with E-state index in [1.54, 1.807) is 6.92 Å². The zero-order valence-electron chi connectivity index (χ0n) is 17.6. The van der Waals surface area contributed by atoms with E-state index in [1.807, 2.05) is 18.2 Å². The van der Waals surface area contributed by atoms with Gasteiger partial charge in [-0.05, 0) is 37.3 Å². The maximum absolute atomic E-state index is 13.4. The molecule has 0 aliphatic carbocycles. The highest BCUT2D eigenvalue weighted by atomic mass is 19.3. The summed E-state index contributed by atoms with van der Waals surface area (Å²) in [6.45, 7) is 8.16. The molecule has 1 atom stereocenters. The highest BCUT2D eigenvalue weighted by Crippen LogP contribution is 2.50. The van der Waals surface area contributed by atoms with E-state index in [1.165, 1.54) is 12.1 Å².